The molecule has 1 aromatic rings. The summed E-state index contributed by atoms with van der Waals surface area (Å²) in [5, 5.41) is 3.67. The van der Waals surface area contributed by atoms with Gasteiger partial charge in [0.1, 0.15) is 0 Å². The van der Waals surface area contributed by atoms with E-state index in [9.17, 15) is 0 Å². The van der Waals surface area contributed by atoms with Crippen LogP contribution in [-0.2, 0) is 12.0 Å². The summed E-state index contributed by atoms with van der Waals surface area (Å²) in [6, 6.07) is 4.73. The van der Waals surface area contributed by atoms with Crippen molar-refractivity contribution in [3.8, 4) is 0 Å². The lowest BCUT2D eigenvalue weighted by molar-refractivity contribution is 0.431. The second-order valence-corrected chi connectivity index (χ2v) is 5.30. The van der Waals surface area contributed by atoms with Gasteiger partial charge in [0.2, 0.25) is 0 Å². The topological polar surface area (TPSA) is 12.0 Å². The average molecular weight is 217 g/mol. The van der Waals surface area contributed by atoms with Crippen molar-refractivity contribution in [3.05, 3.63) is 34.4 Å². The number of aryl methyl sites for hydroxylation is 2. The summed E-state index contributed by atoms with van der Waals surface area (Å²) >= 11 is 0. The van der Waals surface area contributed by atoms with Gasteiger partial charge in [0.25, 0.3) is 0 Å². The molecule has 2 rings (SSSR count). The molecule has 0 saturated carbocycles. The molecule has 0 aromatic heterocycles. The number of rotatable bonds is 2. The second-order valence-electron chi connectivity index (χ2n) is 5.30. The number of benzene rings is 1. The van der Waals surface area contributed by atoms with Crippen LogP contribution in [0.5, 0.6) is 0 Å². The Labute approximate surface area is 99.3 Å². The summed E-state index contributed by atoms with van der Waals surface area (Å²) in [6.07, 6.45) is 3.69. The van der Waals surface area contributed by atoms with Crippen LogP contribution in [0.2, 0.25) is 0 Å². The standard InChI is InChI=1S/C15H23N/c1-5-13-9-11(2)12(3)14(10-13)15(4)7-6-8-16-15/h9-10,16H,5-8H2,1-4H3. The molecule has 1 aromatic carbocycles. The minimum absolute atomic E-state index is 0.208. The molecule has 1 aliphatic rings. The summed E-state index contributed by atoms with van der Waals surface area (Å²) in [4.78, 5) is 0. The van der Waals surface area contributed by atoms with Crippen molar-refractivity contribution in [2.75, 3.05) is 6.54 Å². The molecular formula is C15H23N. The van der Waals surface area contributed by atoms with Gasteiger partial charge in [0.05, 0.1) is 0 Å². The molecule has 0 amide bonds. The van der Waals surface area contributed by atoms with E-state index in [0.717, 1.165) is 13.0 Å². The van der Waals surface area contributed by atoms with Crippen LogP contribution < -0.4 is 5.32 Å². The van der Waals surface area contributed by atoms with Crippen LogP contribution in [0.25, 0.3) is 0 Å². The highest BCUT2D eigenvalue weighted by atomic mass is 15.0. The quantitative estimate of drug-likeness (QED) is 0.800. The van der Waals surface area contributed by atoms with Crippen molar-refractivity contribution >= 4 is 0 Å². The zero-order chi connectivity index (χ0) is 11.8. The number of nitrogens with one attached hydrogen (secondary N) is 1. The average Bonchev–Trinajstić information content (AvgIpc) is 2.70. The Morgan fingerprint density at radius 3 is 2.62 bits per heavy atom. The smallest absolute Gasteiger partial charge is 0.0409 e. The van der Waals surface area contributed by atoms with Crippen LogP contribution >= 0.6 is 0 Å². The molecule has 1 heteroatoms. The monoisotopic (exact) mass is 217 g/mol. The van der Waals surface area contributed by atoms with E-state index >= 15 is 0 Å². The predicted molar refractivity (Wildman–Crippen MR) is 69.9 cm³/mol. The molecule has 1 fully saturated rings. The van der Waals surface area contributed by atoms with Gasteiger partial charge in [-0.25, -0.2) is 0 Å². The van der Waals surface area contributed by atoms with Gasteiger partial charge >= 0.3 is 0 Å². The summed E-state index contributed by atoms with van der Waals surface area (Å²) in [6.45, 7) is 10.2. The first kappa shape index (κ1) is 11.7. The lowest BCUT2D eigenvalue weighted by Crippen LogP contribution is -2.34. The molecule has 0 radical (unpaired) electrons. The van der Waals surface area contributed by atoms with Gasteiger partial charge in [-0.05, 0) is 68.8 Å². The van der Waals surface area contributed by atoms with Gasteiger partial charge in [-0.1, -0.05) is 19.1 Å². The molecule has 1 saturated heterocycles. The molecule has 1 unspecified atom stereocenters. The molecule has 16 heavy (non-hydrogen) atoms. The second kappa shape index (κ2) is 4.21. The molecule has 1 N–H and O–H groups in total. The maximum atomic E-state index is 3.67. The molecule has 1 nitrogen and oxygen atoms in total. The summed E-state index contributed by atoms with van der Waals surface area (Å²) in [5.74, 6) is 0. The van der Waals surface area contributed by atoms with Crippen LogP contribution in [0.1, 0.15) is 48.9 Å². The molecular weight excluding hydrogens is 194 g/mol. The van der Waals surface area contributed by atoms with Crippen molar-refractivity contribution in [2.45, 2.75) is 52.5 Å². The van der Waals surface area contributed by atoms with E-state index in [1.807, 2.05) is 0 Å². The molecule has 0 bridgehead atoms. The fourth-order valence-corrected chi connectivity index (χ4v) is 2.84. The van der Waals surface area contributed by atoms with E-state index in [0.29, 0.717) is 0 Å². The van der Waals surface area contributed by atoms with E-state index in [-0.39, 0.29) is 5.54 Å². The number of hydrogen-bond acceptors (Lipinski definition) is 1. The summed E-state index contributed by atoms with van der Waals surface area (Å²) in [7, 11) is 0. The van der Waals surface area contributed by atoms with E-state index in [1.54, 1.807) is 0 Å². The van der Waals surface area contributed by atoms with E-state index in [1.165, 1.54) is 35.1 Å². The molecule has 88 valence electrons. The SMILES string of the molecule is CCc1cc(C)c(C)c(C2(C)CCCN2)c1. The van der Waals surface area contributed by atoms with Crippen molar-refractivity contribution in [1.29, 1.82) is 0 Å². The zero-order valence-corrected chi connectivity index (χ0v) is 11.0. The van der Waals surface area contributed by atoms with Gasteiger partial charge in [0.15, 0.2) is 0 Å². The van der Waals surface area contributed by atoms with Crippen molar-refractivity contribution in [1.82, 2.24) is 5.32 Å². The van der Waals surface area contributed by atoms with E-state index in [2.05, 4.69) is 45.1 Å². The highest BCUT2D eigenvalue weighted by Crippen LogP contribution is 2.34. The minimum Gasteiger partial charge on any atom is -0.308 e. The highest BCUT2D eigenvalue weighted by Gasteiger charge is 2.31. The van der Waals surface area contributed by atoms with Crippen molar-refractivity contribution in [2.24, 2.45) is 0 Å². The van der Waals surface area contributed by atoms with Gasteiger partial charge < -0.3 is 5.32 Å². The normalized spacial score (nSPS) is 25.0. The van der Waals surface area contributed by atoms with Gasteiger partial charge in [-0.2, -0.15) is 0 Å². The van der Waals surface area contributed by atoms with Gasteiger partial charge in [0, 0.05) is 5.54 Å². The maximum Gasteiger partial charge on any atom is 0.0409 e. The lowest BCUT2D eigenvalue weighted by Gasteiger charge is -2.28. The molecule has 1 heterocycles. The molecule has 1 atom stereocenters. The van der Waals surface area contributed by atoms with E-state index in [4.69, 9.17) is 0 Å². The Bertz CT molecular complexity index is 387. The first-order valence-corrected chi connectivity index (χ1v) is 6.42. The third kappa shape index (κ3) is 1.89. The lowest BCUT2D eigenvalue weighted by atomic mass is 9.84. The van der Waals surface area contributed by atoms with Gasteiger partial charge in [-0.3, -0.25) is 0 Å². The fourth-order valence-electron chi connectivity index (χ4n) is 2.84. The summed E-state index contributed by atoms with van der Waals surface area (Å²) < 4.78 is 0. The third-order valence-electron chi connectivity index (χ3n) is 4.10. The molecule has 0 spiro atoms. The zero-order valence-electron chi connectivity index (χ0n) is 11.0. The van der Waals surface area contributed by atoms with Crippen molar-refractivity contribution < 1.29 is 0 Å². The first-order chi connectivity index (χ1) is 7.57. The Kier molecular flexibility index (Phi) is 3.07. The first-order valence-electron chi connectivity index (χ1n) is 6.42. The largest absolute Gasteiger partial charge is 0.308 e. The van der Waals surface area contributed by atoms with Crippen LogP contribution in [0.15, 0.2) is 12.1 Å². The Morgan fingerprint density at radius 1 is 1.31 bits per heavy atom. The van der Waals surface area contributed by atoms with Crippen LogP contribution in [0, 0.1) is 13.8 Å². The van der Waals surface area contributed by atoms with Crippen molar-refractivity contribution in [3.63, 3.8) is 0 Å². The van der Waals surface area contributed by atoms with E-state index < -0.39 is 0 Å². The van der Waals surface area contributed by atoms with Crippen LogP contribution in [0.4, 0.5) is 0 Å². The Morgan fingerprint density at radius 2 is 2.06 bits per heavy atom. The van der Waals surface area contributed by atoms with Gasteiger partial charge in [-0.15, -0.1) is 0 Å². The third-order valence-corrected chi connectivity index (χ3v) is 4.10. The maximum absolute atomic E-state index is 3.67. The van der Waals surface area contributed by atoms with Crippen LogP contribution in [0.3, 0.4) is 0 Å². The predicted octanol–water partition coefficient (Wildman–Crippen LogP) is 3.46. The fraction of sp³-hybridized carbons (Fsp3) is 0.600. The Balaban J connectivity index is 2.50. The highest BCUT2D eigenvalue weighted by molar-refractivity contribution is 5.42. The van der Waals surface area contributed by atoms with Crippen LogP contribution in [-0.4, -0.2) is 6.54 Å². The number of hydrogen-bond donors (Lipinski definition) is 1. The summed E-state index contributed by atoms with van der Waals surface area (Å²) in [5.41, 5.74) is 6.09. The minimum atomic E-state index is 0.208. The molecule has 1 aliphatic heterocycles. The molecule has 0 aliphatic carbocycles. The Hall–Kier alpha value is -0.820.